The smallest absolute Gasteiger partial charge is 0.165 e. The minimum Gasteiger partial charge on any atom is -0.489 e. The van der Waals surface area contributed by atoms with Gasteiger partial charge in [0.15, 0.2) is 11.6 Å². The maximum Gasteiger partial charge on any atom is 0.165 e. The van der Waals surface area contributed by atoms with Gasteiger partial charge < -0.3 is 10.1 Å². The Morgan fingerprint density at radius 3 is 2.53 bits per heavy atom. The average molecular weight is 267 g/mol. The van der Waals surface area contributed by atoms with E-state index < -0.39 is 11.6 Å². The Morgan fingerprint density at radius 1 is 0.947 bits per heavy atom. The number of benzene rings is 2. The van der Waals surface area contributed by atoms with Gasteiger partial charge in [-0.05, 0) is 24.3 Å². The van der Waals surface area contributed by atoms with E-state index in [-0.39, 0.29) is 24.7 Å². The predicted molar refractivity (Wildman–Crippen MR) is 66.7 cm³/mol. The van der Waals surface area contributed by atoms with Crippen molar-refractivity contribution in [2.45, 2.75) is 0 Å². The lowest BCUT2D eigenvalue weighted by molar-refractivity contribution is 0.313. The van der Waals surface area contributed by atoms with Gasteiger partial charge in [0.2, 0.25) is 0 Å². The van der Waals surface area contributed by atoms with Crippen molar-refractivity contribution in [2.24, 2.45) is 0 Å². The molecule has 0 amide bonds. The zero-order valence-electron chi connectivity index (χ0n) is 10.00. The zero-order valence-corrected chi connectivity index (χ0v) is 10.00. The van der Waals surface area contributed by atoms with Crippen LogP contribution < -0.4 is 10.1 Å². The molecular weight excluding hydrogens is 255 g/mol. The summed E-state index contributed by atoms with van der Waals surface area (Å²) >= 11 is 0. The highest BCUT2D eigenvalue weighted by molar-refractivity contribution is 5.44. The lowest BCUT2D eigenvalue weighted by Gasteiger charge is -2.09. The highest BCUT2D eigenvalue weighted by atomic mass is 19.1. The van der Waals surface area contributed by atoms with Crippen LogP contribution in [-0.2, 0) is 0 Å². The Hall–Kier alpha value is -2.17. The number of para-hydroxylation sites is 1. The fraction of sp³-hybridized carbons (Fsp3) is 0.143. The standard InChI is InChI=1S/C14H12F3NO/c15-10-5-6-12(17)14(9-10)19-8-7-18-13-4-2-1-3-11(13)16/h1-6,9,18H,7-8H2. The molecule has 0 saturated carbocycles. The molecule has 5 heteroatoms. The van der Waals surface area contributed by atoms with Gasteiger partial charge in [-0.25, -0.2) is 13.2 Å². The fourth-order valence-corrected chi connectivity index (χ4v) is 1.54. The fourth-order valence-electron chi connectivity index (χ4n) is 1.54. The predicted octanol–water partition coefficient (Wildman–Crippen LogP) is 3.59. The Morgan fingerprint density at radius 2 is 1.74 bits per heavy atom. The molecule has 1 N–H and O–H groups in total. The van der Waals surface area contributed by atoms with E-state index in [0.717, 1.165) is 18.2 Å². The Kier molecular flexibility index (Phi) is 4.28. The molecule has 0 bridgehead atoms. The van der Waals surface area contributed by atoms with Crippen molar-refractivity contribution in [1.82, 2.24) is 0 Å². The largest absolute Gasteiger partial charge is 0.489 e. The van der Waals surface area contributed by atoms with Crippen LogP contribution in [0, 0.1) is 17.5 Å². The summed E-state index contributed by atoms with van der Waals surface area (Å²) in [5.41, 5.74) is 0.339. The van der Waals surface area contributed by atoms with E-state index in [1.54, 1.807) is 18.2 Å². The van der Waals surface area contributed by atoms with Crippen LogP contribution in [0.3, 0.4) is 0 Å². The first kappa shape index (κ1) is 13.3. The van der Waals surface area contributed by atoms with Crippen molar-refractivity contribution in [3.8, 4) is 5.75 Å². The highest BCUT2D eigenvalue weighted by Crippen LogP contribution is 2.18. The third-order valence-corrected chi connectivity index (χ3v) is 2.44. The maximum absolute atomic E-state index is 13.2. The summed E-state index contributed by atoms with van der Waals surface area (Å²) < 4.78 is 44.4. The Labute approximate surface area is 108 Å². The SMILES string of the molecule is Fc1ccc(F)c(OCCNc2ccccc2F)c1. The van der Waals surface area contributed by atoms with Gasteiger partial charge in [0.25, 0.3) is 0 Å². The molecule has 0 aromatic heterocycles. The molecule has 2 aromatic carbocycles. The van der Waals surface area contributed by atoms with E-state index in [4.69, 9.17) is 4.74 Å². The summed E-state index contributed by atoms with van der Waals surface area (Å²) in [5, 5.41) is 2.80. The molecule has 2 aromatic rings. The molecule has 19 heavy (non-hydrogen) atoms. The van der Waals surface area contributed by atoms with E-state index in [2.05, 4.69) is 5.32 Å². The van der Waals surface area contributed by atoms with Gasteiger partial charge in [0.05, 0.1) is 5.69 Å². The minimum atomic E-state index is -0.632. The average Bonchev–Trinajstić information content (AvgIpc) is 2.40. The number of anilines is 1. The number of nitrogens with one attached hydrogen (secondary N) is 1. The second kappa shape index (κ2) is 6.13. The number of halogens is 3. The molecule has 0 saturated heterocycles. The van der Waals surface area contributed by atoms with Gasteiger partial charge in [-0.3, -0.25) is 0 Å². The van der Waals surface area contributed by atoms with Gasteiger partial charge >= 0.3 is 0 Å². The lowest BCUT2D eigenvalue weighted by Crippen LogP contribution is -2.12. The summed E-state index contributed by atoms with van der Waals surface area (Å²) in [6.45, 7) is 0.367. The number of hydrogen-bond donors (Lipinski definition) is 1. The molecule has 0 heterocycles. The van der Waals surface area contributed by atoms with Gasteiger partial charge in [-0.1, -0.05) is 12.1 Å². The maximum atomic E-state index is 13.2. The molecule has 100 valence electrons. The van der Waals surface area contributed by atoms with Gasteiger partial charge in [0, 0.05) is 12.6 Å². The van der Waals surface area contributed by atoms with E-state index in [1.165, 1.54) is 6.07 Å². The number of ether oxygens (including phenoxy) is 1. The Bertz CT molecular complexity index is 560. The summed E-state index contributed by atoms with van der Waals surface area (Å²) in [7, 11) is 0. The van der Waals surface area contributed by atoms with Crippen LogP contribution in [0.25, 0.3) is 0 Å². The molecule has 0 atom stereocenters. The third kappa shape index (κ3) is 3.64. The highest BCUT2D eigenvalue weighted by Gasteiger charge is 2.05. The molecule has 0 aliphatic rings. The molecule has 0 radical (unpaired) electrons. The molecule has 0 aliphatic carbocycles. The van der Waals surface area contributed by atoms with Crippen molar-refractivity contribution in [1.29, 1.82) is 0 Å². The lowest BCUT2D eigenvalue weighted by atomic mass is 10.3. The van der Waals surface area contributed by atoms with E-state index in [1.807, 2.05) is 0 Å². The second-order valence-corrected chi connectivity index (χ2v) is 3.83. The van der Waals surface area contributed by atoms with Crippen molar-refractivity contribution in [3.63, 3.8) is 0 Å². The molecule has 2 rings (SSSR count). The summed E-state index contributed by atoms with van der Waals surface area (Å²) in [6, 6.07) is 9.17. The third-order valence-electron chi connectivity index (χ3n) is 2.44. The van der Waals surface area contributed by atoms with E-state index in [0.29, 0.717) is 5.69 Å². The second-order valence-electron chi connectivity index (χ2n) is 3.83. The summed E-state index contributed by atoms with van der Waals surface area (Å²) in [6.07, 6.45) is 0. The van der Waals surface area contributed by atoms with Crippen molar-refractivity contribution < 1.29 is 17.9 Å². The molecule has 0 fully saturated rings. The van der Waals surface area contributed by atoms with E-state index in [9.17, 15) is 13.2 Å². The molecule has 0 aliphatic heterocycles. The van der Waals surface area contributed by atoms with Crippen molar-refractivity contribution in [2.75, 3.05) is 18.5 Å². The topological polar surface area (TPSA) is 21.3 Å². The van der Waals surface area contributed by atoms with Gasteiger partial charge in [0.1, 0.15) is 18.2 Å². The van der Waals surface area contributed by atoms with Crippen molar-refractivity contribution in [3.05, 3.63) is 59.9 Å². The van der Waals surface area contributed by atoms with Crippen LogP contribution in [-0.4, -0.2) is 13.2 Å². The zero-order chi connectivity index (χ0) is 13.7. The van der Waals surface area contributed by atoms with Crippen LogP contribution in [0.5, 0.6) is 5.75 Å². The normalized spacial score (nSPS) is 10.3. The van der Waals surface area contributed by atoms with Crippen LogP contribution >= 0.6 is 0 Å². The van der Waals surface area contributed by atoms with Gasteiger partial charge in [-0.15, -0.1) is 0 Å². The minimum absolute atomic E-state index is 0.0920. The van der Waals surface area contributed by atoms with Crippen molar-refractivity contribution >= 4 is 5.69 Å². The molecule has 0 spiro atoms. The van der Waals surface area contributed by atoms with Crippen LogP contribution in [0.4, 0.5) is 18.9 Å². The summed E-state index contributed by atoms with van der Waals surface area (Å²) in [4.78, 5) is 0. The number of rotatable bonds is 5. The molecule has 0 unspecified atom stereocenters. The first-order chi connectivity index (χ1) is 9.16. The monoisotopic (exact) mass is 267 g/mol. The molecular formula is C14H12F3NO. The van der Waals surface area contributed by atoms with Crippen LogP contribution in [0.15, 0.2) is 42.5 Å². The van der Waals surface area contributed by atoms with Gasteiger partial charge in [-0.2, -0.15) is 0 Å². The van der Waals surface area contributed by atoms with E-state index >= 15 is 0 Å². The Balaban J connectivity index is 1.84. The first-order valence-corrected chi connectivity index (χ1v) is 5.73. The van der Waals surface area contributed by atoms with Crippen LogP contribution in [0.2, 0.25) is 0 Å². The quantitative estimate of drug-likeness (QED) is 0.836. The first-order valence-electron chi connectivity index (χ1n) is 5.73. The summed E-state index contributed by atoms with van der Waals surface area (Å²) in [5.74, 6) is -1.74. The molecule has 2 nitrogen and oxygen atoms in total. The van der Waals surface area contributed by atoms with Crippen LogP contribution in [0.1, 0.15) is 0 Å². The number of hydrogen-bond acceptors (Lipinski definition) is 2.